The third-order valence-corrected chi connectivity index (χ3v) is 3.43. The Morgan fingerprint density at radius 2 is 2.20 bits per heavy atom. The number of rotatable bonds is 5. The van der Waals surface area contributed by atoms with Gasteiger partial charge in [-0.05, 0) is 26.8 Å². The van der Waals surface area contributed by atoms with Gasteiger partial charge in [-0.15, -0.1) is 0 Å². The van der Waals surface area contributed by atoms with Crippen LogP contribution in [0.4, 0.5) is 0 Å². The second-order valence-electron chi connectivity index (χ2n) is 4.47. The molecule has 1 heterocycles. The molecule has 1 rings (SSSR count). The fourth-order valence-electron chi connectivity index (χ4n) is 2.49. The lowest BCUT2D eigenvalue weighted by atomic mass is 10.0. The maximum absolute atomic E-state index is 5.47. The van der Waals surface area contributed by atoms with Gasteiger partial charge in [0.05, 0.1) is 13.2 Å². The largest absolute Gasteiger partial charge is 0.379 e. The molecule has 0 bridgehead atoms. The first-order chi connectivity index (χ1) is 7.20. The van der Waals surface area contributed by atoms with E-state index in [0.717, 1.165) is 26.3 Å². The van der Waals surface area contributed by atoms with Crippen molar-refractivity contribution in [2.24, 2.45) is 0 Å². The van der Waals surface area contributed by atoms with E-state index in [1.807, 2.05) is 0 Å². The zero-order valence-corrected chi connectivity index (χ0v) is 10.6. The van der Waals surface area contributed by atoms with Crippen molar-refractivity contribution in [3.05, 3.63) is 0 Å². The molecule has 3 atom stereocenters. The Hall–Kier alpha value is -0.120. The molecule has 1 aliphatic heterocycles. The smallest absolute Gasteiger partial charge is 0.0619 e. The first-order valence-corrected chi connectivity index (χ1v) is 6.27. The number of morpholine rings is 1. The molecule has 15 heavy (non-hydrogen) atoms. The number of nitrogens with zero attached hydrogens (tertiary/aromatic N) is 1. The number of ether oxygens (including phenoxy) is 1. The van der Waals surface area contributed by atoms with Crippen LogP contribution in [0.3, 0.4) is 0 Å². The minimum Gasteiger partial charge on any atom is -0.379 e. The third-order valence-electron chi connectivity index (χ3n) is 3.43. The Morgan fingerprint density at radius 1 is 1.47 bits per heavy atom. The molecule has 0 aromatic carbocycles. The van der Waals surface area contributed by atoms with Gasteiger partial charge >= 0.3 is 0 Å². The van der Waals surface area contributed by atoms with Gasteiger partial charge in [0.25, 0.3) is 0 Å². The van der Waals surface area contributed by atoms with Gasteiger partial charge in [-0.1, -0.05) is 13.8 Å². The molecule has 0 aliphatic carbocycles. The third kappa shape index (κ3) is 3.44. The second-order valence-corrected chi connectivity index (χ2v) is 4.47. The fourth-order valence-corrected chi connectivity index (χ4v) is 2.49. The van der Waals surface area contributed by atoms with Gasteiger partial charge in [0.15, 0.2) is 0 Å². The Kier molecular flexibility index (Phi) is 5.58. The van der Waals surface area contributed by atoms with Gasteiger partial charge in [0.2, 0.25) is 0 Å². The quantitative estimate of drug-likeness (QED) is 0.750. The molecular formula is C12H26N2O. The minimum atomic E-state index is 0.557. The molecule has 1 saturated heterocycles. The van der Waals surface area contributed by atoms with Crippen molar-refractivity contribution >= 4 is 0 Å². The highest BCUT2D eigenvalue weighted by Gasteiger charge is 2.27. The lowest BCUT2D eigenvalue weighted by Crippen LogP contribution is -2.55. The van der Waals surface area contributed by atoms with Crippen LogP contribution in [0.2, 0.25) is 0 Å². The van der Waals surface area contributed by atoms with Crippen molar-refractivity contribution in [3.63, 3.8) is 0 Å². The Morgan fingerprint density at radius 3 is 2.73 bits per heavy atom. The second kappa shape index (κ2) is 6.46. The summed E-state index contributed by atoms with van der Waals surface area (Å²) >= 11 is 0. The maximum Gasteiger partial charge on any atom is 0.0619 e. The molecule has 90 valence electrons. The van der Waals surface area contributed by atoms with Crippen LogP contribution in [0.25, 0.3) is 0 Å². The molecule has 0 amide bonds. The summed E-state index contributed by atoms with van der Waals surface area (Å²) in [6, 6.07) is 1.77. The molecule has 3 heteroatoms. The summed E-state index contributed by atoms with van der Waals surface area (Å²) in [5.74, 6) is 0. The topological polar surface area (TPSA) is 24.5 Å². The molecule has 3 nitrogen and oxygen atoms in total. The van der Waals surface area contributed by atoms with E-state index in [0.29, 0.717) is 18.1 Å². The fraction of sp³-hybridized carbons (Fsp3) is 1.00. The summed E-state index contributed by atoms with van der Waals surface area (Å²) in [6.07, 6.45) is 1.19. The van der Waals surface area contributed by atoms with Crippen LogP contribution < -0.4 is 5.32 Å². The molecule has 3 unspecified atom stereocenters. The van der Waals surface area contributed by atoms with E-state index >= 15 is 0 Å². The Balaban J connectivity index is 2.51. The van der Waals surface area contributed by atoms with Gasteiger partial charge < -0.3 is 10.1 Å². The van der Waals surface area contributed by atoms with Gasteiger partial charge in [0.1, 0.15) is 0 Å². The number of hydrogen-bond acceptors (Lipinski definition) is 3. The highest BCUT2D eigenvalue weighted by atomic mass is 16.5. The lowest BCUT2D eigenvalue weighted by Gasteiger charge is -2.41. The Labute approximate surface area is 94.2 Å². The van der Waals surface area contributed by atoms with Gasteiger partial charge in [-0.25, -0.2) is 0 Å². The van der Waals surface area contributed by atoms with Crippen LogP contribution in [0.15, 0.2) is 0 Å². The zero-order chi connectivity index (χ0) is 11.3. The summed E-state index contributed by atoms with van der Waals surface area (Å²) in [5.41, 5.74) is 0. The highest BCUT2D eigenvalue weighted by Crippen LogP contribution is 2.14. The van der Waals surface area contributed by atoms with Crippen molar-refractivity contribution in [2.75, 3.05) is 26.3 Å². The van der Waals surface area contributed by atoms with Gasteiger partial charge in [-0.3, -0.25) is 4.90 Å². The Bertz CT molecular complexity index is 175. The van der Waals surface area contributed by atoms with Crippen LogP contribution in [0, 0.1) is 0 Å². The standard InChI is InChI=1S/C12H26N2O/c1-5-12(13-6-2)11(4)14-7-8-15-9-10(14)3/h10-13H,5-9H2,1-4H3. The van der Waals surface area contributed by atoms with Crippen LogP contribution in [0.5, 0.6) is 0 Å². The average Bonchev–Trinajstić information content (AvgIpc) is 2.25. The van der Waals surface area contributed by atoms with Crippen molar-refractivity contribution < 1.29 is 4.74 Å². The minimum absolute atomic E-state index is 0.557. The lowest BCUT2D eigenvalue weighted by molar-refractivity contribution is -0.0258. The van der Waals surface area contributed by atoms with E-state index in [9.17, 15) is 0 Å². The predicted octanol–water partition coefficient (Wildman–Crippen LogP) is 1.48. The van der Waals surface area contributed by atoms with Gasteiger partial charge in [-0.2, -0.15) is 0 Å². The van der Waals surface area contributed by atoms with E-state index in [2.05, 4.69) is 37.9 Å². The summed E-state index contributed by atoms with van der Waals surface area (Å²) in [4.78, 5) is 2.57. The van der Waals surface area contributed by atoms with E-state index in [4.69, 9.17) is 4.74 Å². The van der Waals surface area contributed by atoms with Crippen LogP contribution in [-0.4, -0.2) is 49.3 Å². The normalized spacial score (nSPS) is 27.6. The average molecular weight is 214 g/mol. The van der Waals surface area contributed by atoms with Crippen LogP contribution in [0.1, 0.15) is 34.1 Å². The summed E-state index contributed by atoms with van der Waals surface area (Å²) in [6.45, 7) is 12.9. The first kappa shape index (κ1) is 12.9. The number of nitrogens with one attached hydrogen (secondary N) is 1. The molecule has 0 aromatic rings. The van der Waals surface area contributed by atoms with E-state index in [1.165, 1.54) is 6.42 Å². The molecule has 0 spiro atoms. The van der Waals surface area contributed by atoms with Crippen LogP contribution in [-0.2, 0) is 4.74 Å². The summed E-state index contributed by atoms with van der Waals surface area (Å²) in [5, 5.41) is 3.57. The number of likely N-dealkylation sites (N-methyl/N-ethyl adjacent to an activating group) is 1. The van der Waals surface area contributed by atoms with Gasteiger partial charge in [0, 0.05) is 24.7 Å². The van der Waals surface area contributed by atoms with Crippen molar-refractivity contribution in [3.8, 4) is 0 Å². The molecule has 1 N–H and O–H groups in total. The monoisotopic (exact) mass is 214 g/mol. The molecule has 1 aliphatic rings. The molecule has 0 saturated carbocycles. The highest BCUT2D eigenvalue weighted by molar-refractivity contribution is 4.84. The van der Waals surface area contributed by atoms with Crippen molar-refractivity contribution in [2.45, 2.75) is 52.2 Å². The molecular weight excluding hydrogens is 188 g/mol. The maximum atomic E-state index is 5.47. The van der Waals surface area contributed by atoms with Crippen LogP contribution >= 0.6 is 0 Å². The van der Waals surface area contributed by atoms with E-state index < -0.39 is 0 Å². The van der Waals surface area contributed by atoms with Crippen molar-refractivity contribution in [1.29, 1.82) is 0 Å². The first-order valence-electron chi connectivity index (χ1n) is 6.27. The summed E-state index contributed by atoms with van der Waals surface area (Å²) in [7, 11) is 0. The summed E-state index contributed by atoms with van der Waals surface area (Å²) < 4.78 is 5.47. The predicted molar refractivity (Wildman–Crippen MR) is 64.2 cm³/mol. The van der Waals surface area contributed by atoms with E-state index in [1.54, 1.807) is 0 Å². The molecule has 0 radical (unpaired) electrons. The molecule has 1 fully saturated rings. The van der Waals surface area contributed by atoms with E-state index in [-0.39, 0.29) is 0 Å². The SMILES string of the molecule is CCNC(CC)C(C)N1CCOCC1C. The number of hydrogen-bond donors (Lipinski definition) is 1. The molecule has 0 aromatic heterocycles. The zero-order valence-electron chi connectivity index (χ0n) is 10.6. The van der Waals surface area contributed by atoms with Crippen molar-refractivity contribution in [1.82, 2.24) is 10.2 Å².